The normalized spacial score (nSPS) is 10.4. The number of hydrogen-bond acceptors (Lipinski definition) is 0. The maximum absolute atomic E-state index is 2.26. The Bertz CT molecular complexity index is 412. The maximum Gasteiger partial charge on any atom is 0.0175 e. The van der Waals surface area contributed by atoms with Gasteiger partial charge in [0, 0.05) is 18.9 Å². The smallest absolute Gasteiger partial charge is 0.0175 e. The van der Waals surface area contributed by atoms with Gasteiger partial charge in [-0.15, -0.1) is 0 Å². The molecule has 0 amide bonds. The number of rotatable bonds is 2. The number of benzene rings is 1. The minimum atomic E-state index is 1.09. The largest absolute Gasteiger partial charge is 0.354 e. The first-order chi connectivity index (χ1) is 6.81. The quantitative estimate of drug-likeness (QED) is 0.676. The van der Waals surface area contributed by atoms with Gasteiger partial charge in [0.1, 0.15) is 0 Å². The van der Waals surface area contributed by atoms with E-state index in [9.17, 15) is 0 Å². The fraction of sp³-hybridized carbons (Fsp3) is 0.231. The van der Waals surface area contributed by atoms with Crippen LogP contribution in [0.25, 0.3) is 11.1 Å². The highest BCUT2D eigenvalue weighted by Gasteiger charge is 2.02. The van der Waals surface area contributed by atoms with Crippen LogP contribution in [0.1, 0.15) is 12.6 Å². The standard InChI is InChI=1S/C13H15N/c1-3-13-9-12(10-14(13)2)11-7-5-4-6-8-11/h4-10H,3H2,1-2H3. The van der Waals surface area contributed by atoms with Crippen molar-refractivity contribution >= 4 is 0 Å². The molecule has 0 aliphatic heterocycles. The van der Waals surface area contributed by atoms with Crippen molar-refractivity contribution in [2.24, 2.45) is 7.05 Å². The fourth-order valence-electron chi connectivity index (χ4n) is 1.75. The van der Waals surface area contributed by atoms with Crippen LogP contribution in [-0.4, -0.2) is 4.57 Å². The molecular formula is C13H15N. The Kier molecular flexibility index (Phi) is 2.40. The molecule has 0 saturated heterocycles. The van der Waals surface area contributed by atoms with Crippen molar-refractivity contribution < 1.29 is 0 Å². The summed E-state index contributed by atoms with van der Waals surface area (Å²) in [7, 11) is 2.10. The third kappa shape index (κ3) is 1.58. The molecule has 0 aliphatic carbocycles. The van der Waals surface area contributed by atoms with E-state index in [1.807, 2.05) is 6.07 Å². The summed E-state index contributed by atoms with van der Waals surface area (Å²) in [5.74, 6) is 0. The molecule has 0 radical (unpaired) electrons. The molecule has 0 N–H and O–H groups in total. The monoisotopic (exact) mass is 185 g/mol. The molecule has 1 heterocycles. The second-order valence-corrected chi connectivity index (χ2v) is 3.55. The molecule has 14 heavy (non-hydrogen) atoms. The molecule has 1 nitrogen and oxygen atoms in total. The fourth-order valence-corrected chi connectivity index (χ4v) is 1.75. The van der Waals surface area contributed by atoms with Gasteiger partial charge in [0.05, 0.1) is 0 Å². The Hall–Kier alpha value is -1.50. The Morgan fingerprint density at radius 3 is 2.36 bits per heavy atom. The van der Waals surface area contributed by atoms with E-state index in [4.69, 9.17) is 0 Å². The molecule has 1 aromatic carbocycles. The van der Waals surface area contributed by atoms with Crippen molar-refractivity contribution in [2.75, 3.05) is 0 Å². The molecule has 2 aromatic rings. The summed E-state index contributed by atoms with van der Waals surface area (Å²) in [5, 5.41) is 0. The van der Waals surface area contributed by atoms with Crippen molar-refractivity contribution in [3.05, 3.63) is 48.3 Å². The number of aryl methyl sites for hydroxylation is 2. The molecule has 72 valence electrons. The van der Waals surface area contributed by atoms with Gasteiger partial charge in [-0.05, 0) is 23.6 Å². The highest BCUT2D eigenvalue weighted by molar-refractivity contribution is 5.63. The van der Waals surface area contributed by atoms with E-state index in [0.29, 0.717) is 0 Å². The van der Waals surface area contributed by atoms with Crippen LogP contribution in [0.4, 0.5) is 0 Å². The van der Waals surface area contributed by atoms with Gasteiger partial charge in [0.25, 0.3) is 0 Å². The zero-order chi connectivity index (χ0) is 9.97. The molecule has 1 aromatic heterocycles. The van der Waals surface area contributed by atoms with Crippen LogP contribution in [0.15, 0.2) is 42.6 Å². The highest BCUT2D eigenvalue weighted by Crippen LogP contribution is 2.21. The average Bonchev–Trinajstić information content (AvgIpc) is 2.61. The first kappa shape index (κ1) is 9.07. The van der Waals surface area contributed by atoms with E-state index in [1.165, 1.54) is 16.8 Å². The lowest BCUT2D eigenvalue weighted by Gasteiger charge is -1.95. The zero-order valence-electron chi connectivity index (χ0n) is 8.70. The Balaban J connectivity index is 2.43. The van der Waals surface area contributed by atoms with E-state index in [1.54, 1.807) is 0 Å². The topological polar surface area (TPSA) is 4.93 Å². The number of nitrogens with zero attached hydrogens (tertiary/aromatic N) is 1. The van der Waals surface area contributed by atoms with Crippen molar-refractivity contribution in [3.63, 3.8) is 0 Å². The van der Waals surface area contributed by atoms with E-state index >= 15 is 0 Å². The summed E-state index contributed by atoms with van der Waals surface area (Å²) in [6.45, 7) is 2.18. The van der Waals surface area contributed by atoms with Crippen molar-refractivity contribution in [3.8, 4) is 11.1 Å². The maximum atomic E-state index is 2.26. The second kappa shape index (κ2) is 3.70. The highest BCUT2D eigenvalue weighted by atomic mass is 14.9. The molecule has 0 bridgehead atoms. The molecule has 0 fully saturated rings. The van der Waals surface area contributed by atoms with Crippen molar-refractivity contribution in [2.45, 2.75) is 13.3 Å². The molecule has 0 atom stereocenters. The van der Waals surface area contributed by atoms with Crippen molar-refractivity contribution in [1.82, 2.24) is 4.57 Å². The minimum Gasteiger partial charge on any atom is -0.354 e. The predicted octanol–water partition coefficient (Wildman–Crippen LogP) is 3.25. The lowest BCUT2D eigenvalue weighted by Crippen LogP contribution is -1.90. The van der Waals surface area contributed by atoms with Crippen molar-refractivity contribution in [1.29, 1.82) is 0 Å². The second-order valence-electron chi connectivity index (χ2n) is 3.55. The summed E-state index contributed by atoms with van der Waals surface area (Å²) in [6, 6.07) is 12.8. The number of hydrogen-bond donors (Lipinski definition) is 0. The lowest BCUT2D eigenvalue weighted by molar-refractivity contribution is 0.838. The van der Waals surface area contributed by atoms with Gasteiger partial charge in [-0.25, -0.2) is 0 Å². The third-order valence-electron chi connectivity index (χ3n) is 2.58. The lowest BCUT2D eigenvalue weighted by atomic mass is 10.1. The molecule has 0 spiro atoms. The third-order valence-corrected chi connectivity index (χ3v) is 2.58. The zero-order valence-corrected chi connectivity index (χ0v) is 8.70. The summed E-state index contributed by atoms with van der Waals surface area (Å²) in [5.41, 5.74) is 3.98. The minimum absolute atomic E-state index is 1.09. The molecule has 2 rings (SSSR count). The van der Waals surface area contributed by atoms with Gasteiger partial charge in [-0.3, -0.25) is 0 Å². The van der Waals surface area contributed by atoms with E-state index in [2.05, 4.69) is 55.1 Å². The molecule has 0 saturated carbocycles. The van der Waals surface area contributed by atoms with Gasteiger partial charge in [0.15, 0.2) is 0 Å². The van der Waals surface area contributed by atoms with Crippen LogP contribution in [0, 0.1) is 0 Å². The van der Waals surface area contributed by atoms with Crippen LogP contribution in [0.2, 0.25) is 0 Å². The first-order valence-corrected chi connectivity index (χ1v) is 5.02. The van der Waals surface area contributed by atoms with Crippen LogP contribution in [0.3, 0.4) is 0 Å². The van der Waals surface area contributed by atoms with Crippen LogP contribution in [0.5, 0.6) is 0 Å². The van der Waals surface area contributed by atoms with Gasteiger partial charge in [-0.1, -0.05) is 37.3 Å². The molecule has 0 unspecified atom stereocenters. The Labute approximate surface area is 85.0 Å². The summed E-state index contributed by atoms with van der Waals surface area (Å²) >= 11 is 0. The van der Waals surface area contributed by atoms with E-state index < -0.39 is 0 Å². The summed E-state index contributed by atoms with van der Waals surface area (Å²) in [4.78, 5) is 0. The predicted molar refractivity (Wildman–Crippen MR) is 60.2 cm³/mol. The molecular weight excluding hydrogens is 170 g/mol. The van der Waals surface area contributed by atoms with Gasteiger partial charge in [-0.2, -0.15) is 0 Å². The molecule has 1 heteroatoms. The SMILES string of the molecule is CCc1cc(-c2ccccc2)cn1C. The van der Waals surface area contributed by atoms with Gasteiger partial charge < -0.3 is 4.57 Å². The Morgan fingerprint density at radius 2 is 1.79 bits per heavy atom. The summed E-state index contributed by atoms with van der Waals surface area (Å²) < 4.78 is 2.20. The van der Waals surface area contributed by atoms with E-state index in [-0.39, 0.29) is 0 Å². The Morgan fingerprint density at radius 1 is 1.07 bits per heavy atom. The van der Waals surface area contributed by atoms with E-state index in [0.717, 1.165) is 6.42 Å². The number of aromatic nitrogens is 1. The van der Waals surface area contributed by atoms with Gasteiger partial charge in [0.2, 0.25) is 0 Å². The molecule has 0 aliphatic rings. The van der Waals surface area contributed by atoms with Gasteiger partial charge >= 0.3 is 0 Å². The summed E-state index contributed by atoms with van der Waals surface area (Å²) in [6.07, 6.45) is 3.28. The van der Waals surface area contributed by atoms with Crippen LogP contribution >= 0.6 is 0 Å². The average molecular weight is 185 g/mol. The first-order valence-electron chi connectivity index (χ1n) is 5.02. The van der Waals surface area contributed by atoms with Crippen LogP contribution < -0.4 is 0 Å². The van der Waals surface area contributed by atoms with Crippen LogP contribution in [-0.2, 0) is 13.5 Å².